The van der Waals surface area contributed by atoms with Crippen LogP contribution in [-0.2, 0) is 14.8 Å². The van der Waals surface area contributed by atoms with Crippen LogP contribution in [0.4, 0.5) is 5.69 Å². The second-order valence-electron chi connectivity index (χ2n) is 6.28. The molecular weight excluding hydrogens is 416 g/mol. The minimum atomic E-state index is -3.64. The third-order valence-corrected chi connectivity index (χ3v) is 7.20. The molecule has 2 aromatic carbocycles. The first kappa shape index (κ1) is 19.4. The number of aryl methyl sites for hydroxylation is 1. The summed E-state index contributed by atoms with van der Waals surface area (Å²) in [5.74, 6) is 0. The average molecular weight is 439 g/mol. The Morgan fingerprint density at radius 3 is 2.46 bits per heavy atom. The van der Waals surface area contributed by atoms with Crippen LogP contribution in [0.5, 0.6) is 0 Å². The summed E-state index contributed by atoms with van der Waals surface area (Å²) in [6.07, 6.45) is 0. The number of sulfonamides is 1. The molecule has 140 valence electrons. The number of rotatable bonds is 6. The summed E-state index contributed by atoms with van der Waals surface area (Å²) in [6.45, 7) is 6.03. The van der Waals surface area contributed by atoms with Crippen LogP contribution in [0.2, 0.25) is 0 Å². The topological polar surface area (TPSA) is 49.9 Å². The molecule has 1 heterocycles. The molecule has 0 N–H and O–H groups in total. The first-order chi connectivity index (χ1) is 12.5. The van der Waals surface area contributed by atoms with Gasteiger partial charge in [0.25, 0.3) is 10.0 Å². The summed E-state index contributed by atoms with van der Waals surface area (Å²) in [6, 6.07) is 14.4. The molecule has 2 aromatic rings. The van der Waals surface area contributed by atoms with Gasteiger partial charge in [0.1, 0.15) is 0 Å². The molecule has 3 rings (SSSR count). The van der Waals surface area contributed by atoms with Gasteiger partial charge in [-0.15, -0.1) is 0 Å². The number of morpholine rings is 1. The average Bonchev–Trinajstić information content (AvgIpc) is 2.65. The lowest BCUT2D eigenvalue weighted by Crippen LogP contribution is -2.43. The predicted octanol–water partition coefficient (Wildman–Crippen LogP) is 3.29. The van der Waals surface area contributed by atoms with Gasteiger partial charge in [-0.2, -0.15) is 0 Å². The summed E-state index contributed by atoms with van der Waals surface area (Å²) in [5.41, 5.74) is 1.58. The van der Waals surface area contributed by atoms with E-state index >= 15 is 0 Å². The fourth-order valence-corrected chi connectivity index (χ4v) is 4.73. The van der Waals surface area contributed by atoms with Crippen LogP contribution in [0.3, 0.4) is 0 Å². The van der Waals surface area contributed by atoms with Crippen molar-refractivity contribution in [3.63, 3.8) is 0 Å². The number of benzene rings is 2. The van der Waals surface area contributed by atoms with Crippen molar-refractivity contribution in [2.24, 2.45) is 0 Å². The van der Waals surface area contributed by atoms with E-state index in [-0.39, 0.29) is 0 Å². The summed E-state index contributed by atoms with van der Waals surface area (Å²) >= 11 is 3.43. The van der Waals surface area contributed by atoms with Gasteiger partial charge >= 0.3 is 0 Å². The Labute approximate surface area is 163 Å². The van der Waals surface area contributed by atoms with Crippen molar-refractivity contribution in [3.05, 3.63) is 58.6 Å². The number of hydrogen-bond donors (Lipinski definition) is 0. The highest BCUT2D eigenvalue weighted by atomic mass is 79.9. The number of halogens is 1. The molecule has 0 aliphatic carbocycles. The normalized spacial score (nSPS) is 15.8. The van der Waals surface area contributed by atoms with E-state index < -0.39 is 10.0 Å². The molecule has 1 saturated heterocycles. The first-order valence-corrected chi connectivity index (χ1v) is 10.9. The van der Waals surface area contributed by atoms with Crippen LogP contribution in [0, 0.1) is 6.92 Å². The lowest BCUT2D eigenvalue weighted by atomic mass is 10.2. The van der Waals surface area contributed by atoms with Crippen molar-refractivity contribution in [2.75, 3.05) is 43.7 Å². The molecule has 0 saturated carbocycles. The highest BCUT2D eigenvalue weighted by molar-refractivity contribution is 9.10. The zero-order valence-electron chi connectivity index (χ0n) is 14.8. The van der Waals surface area contributed by atoms with Gasteiger partial charge in [0.05, 0.1) is 23.8 Å². The summed E-state index contributed by atoms with van der Waals surface area (Å²) in [4.78, 5) is 2.55. The maximum Gasteiger partial charge on any atom is 0.264 e. The minimum Gasteiger partial charge on any atom is -0.379 e. The maximum absolute atomic E-state index is 13.3. The highest BCUT2D eigenvalue weighted by Crippen LogP contribution is 2.26. The van der Waals surface area contributed by atoms with Gasteiger partial charge in [-0.3, -0.25) is 9.21 Å². The molecule has 7 heteroatoms. The molecule has 5 nitrogen and oxygen atoms in total. The molecule has 0 atom stereocenters. The van der Waals surface area contributed by atoms with E-state index in [4.69, 9.17) is 4.74 Å². The minimum absolute atomic E-state index is 0.309. The Bertz CT molecular complexity index is 837. The van der Waals surface area contributed by atoms with Crippen molar-refractivity contribution < 1.29 is 13.2 Å². The zero-order chi connectivity index (χ0) is 18.6. The molecule has 0 aromatic heterocycles. The predicted molar refractivity (Wildman–Crippen MR) is 107 cm³/mol. The van der Waals surface area contributed by atoms with Crippen molar-refractivity contribution in [2.45, 2.75) is 11.8 Å². The number of para-hydroxylation sites is 1. The van der Waals surface area contributed by atoms with Crippen molar-refractivity contribution in [3.8, 4) is 0 Å². The Morgan fingerprint density at radius 1 is 1.12 bits per heavy atom. The maximum atomic E-state index is 13.3. The summed E-state index contributed by atoms with van der Waals surface area (Å²) < 4.78 is 34.5. The zero-order valence-corrected chi connectivity index (χ0v) is 17.2. The fraction of sp³-hybridized carbons (Fsp3) is 0.368. The van der Waals surface area contributed by atoms with Crippen LogP contribution in [0.1, 0.15) is 5.56 Å². The van der Waals surface area contributed by atoms with Crippen LogP contribution in [0.25, 0.3) is 0 Å². The van der Waals surface area contributed by atoms with Gasteiger partial charge in [0.2, 0.25) is 0 Å². The Balaban J connectivity index is 1.89. The molecule has 1 fully saturated rings. The van der Waals surface area contributed by atoms with E-state index in [0.29, 0.717) is 36.9 Å². The number of ether oxygens (including phenoxy) is 1. The molecule has 0 amide bonds. The monoisotopic (exact) mass is 438 g/mol. The van der Waals surface area contributed by atoms with E-state index in [1.54, 1.807) is 18.2 Å². The Kier molecular flexibility index (Phi) is 6.34. The SMILES string of the molecule is Cc1cc(S(=O)(=O)N(CCN2CCOCC2)c2ccccc2)ccc1Br. The van der Waals surface area contributed by atoms with Gasteiger partial charge in [-0.1, -0.05) is 34.1 Å². The van der Waals surface area contributed by atoms with Crippen LogP contribution >= 0.6 is 15.9 Å². The molecule has 0 spiro atoms. The number of hydrogen-bond acceptors (Lipinski definition) is 4. The van der Waals surface area contributed by atoms with E-state index in [1.807, 2.05) is 37.3 Å². The van der Waals surface area contributed by atoms with Gasteiger partial charge in [-0.25, -0.2) is 8.42 Å². The third kappa shape index (κ3) is 4.46. The third-order valence-electron chi connectivity index (χ3n) is 4.48. The van der Waals surface area contributed by atoms with E-state index in [9.17, 15) is 8.42 Å². The van der Waals surface area contributed by atoms with Crippen LogP contribution in [0.15, 0.2) is 57.9 Å². The molecule has 1 aliphatic heterocycles. The smallest absolute Gasteiger partial charge is 0.264 e. The Hall–Kier alpha value is -1.41. The summed E-state index contributed by atoms with van der Waals surface area (Å²) in [5, 5.41) is 0. The van der Waals surface area contributed by atoms with Crippen molar-refractivity contribution in [1.82, 2.24) is 4.90 Å². The van der Waals surface area contributed by atoms with Gasteiger partial charge in [0.15, 0.2) is 0 Å². The van der Waals surface area contributed by atoms with Gasteiger partial charge in [-0.05, 0) is 42.8 Å². The van der Waals surface area contributed by atoms with Crippen LogP contribution in [-0.4, -0.2) is 52.7 Å². The lowest BCUT2D eigenvalue weighted by molar-refractivity contribution is 0.0395. The summed E-state index contributed by atoms with van der Waals surface area (Å²) in [7, 11) is -3.64. The highest BCUT2D eigenvalue weighted by Gasteiger charge is 2.26. The first-order valence-electron chi connectivity index (χ1n) is 8.62. The standard InChI is InChI=1S/C19H23BrN2O3S/c1-16-15-18(7-8-19(16)20)26(23,24)22(17-5-3-2-4-6-17)10-9-21-11-13-25-14-12-21/h2-8,15H,9-14H2,1H3. The molecule has 1 aliphatic rings. The largest absolute Gasteiger partial charge is 0.379 e. The van der Waals surface area contributed by atoms with Crippen molar-refractivity contribution >= 4 is 31.6 Å². The molecule has 0 bridgehead atoms. The van der Waals surface area contributed by atoms with E-state index in [1.165, 1.54) is 4.31 Å². The molecule has 26 heavy (non-hydrogen) atoms. The van der Waals surface area contributed by atoms with Crippen LogP contribution < -0.4 is 4.31 Å². The molecule has 0 unspecified atom stereocenters. The second kappa shape index (κ2) is 8.52. The van der Waals surface area contributed by atoms with E-state index in [0.717, 1.165) is 23.1 Å². The van der Waals surface area contributed by atoms with Gasteiger partial charge < -0.3 is 4.74 Å². The number of anilines is 1. The second-order valence-corrected chi connectivity index (χ2v) is 8.99. The lowest BCUT2D eigenvalue weighted by Gasteiger charge is -2.30. The quantitative estimate of drug-likeness (QED) is 0.694. The molecular formula is C19H23BrN2O3S. The fourth-order valence-electron chi connectivity index (χ4n) is 2.94. The van der Waals surface area contributed by atoms with Gasteiger partial charge in [0, 0.05) is 30.7 Å². The molecule has 0 radical (unpaired) electrons. The van der Waals surface area contributed by atoms with Crippen molar-refractivity contribution in [1.29, 1.82) is 0 Å². The number of nitrogens with zero attached hydrogens (tertiary/aromatic N) is 2. The Morgan fingerprint density at radius 2 is 1.81 bits per heavy atom. The van der Waals surface area contributed by atoms with E-state index in [2.05, 4.69) is 20.8 Å².